The summed E-state index contributed by atoms with van der Waals surface area (Å²) in [6.45, 7) is 6.07. The number of carboxylic acids is 1. The lowest BCUT2D eigenvalue weighted by atomic mass is 10.0. The molecule has 6 nitrogen and oxygen atoms in total. The van der Waals surface area contributed by atoms with Crippen LogP contribution in [-0.2, 0) is 11.3 Å². The fourth-order valence-electron chi connectivity index (χ4n) is 2.81. The van der Waals surface area contributed by atoms with Crippen LogP contribution in [0.1, 0.15) is 34.8 Å². The van der Waals surface area contributed by atoms with Gasteiger partial charge >= 0.3 is 5.97 Å². The van der Waals surface area contributed by atoms with E-state index in [1.807, 2.05) is 41.9 Å². The van der Waals surface area contributed by atoms with Gasteiger partial charge in [0.1, 0.15) is 10.9 Å². The number of carboxylic acid groups (broad SMARTS) is 1. The molecule has 1 atom stereocenters. The van der Waals surface area contributed by atoms with E-state index in [0.717, 1.165) is 21.5 Å². The van der Waals surface area contributed by atoms with E-state index in [-0.39, 0.29) is 11.8 Å². The summed E-state index contributed by atoms with van der Waals surface area (Å²) in [4.78, 5) is 25.2. The summed E-state index contributed by atoms with van der Waals surface area (Å²) in [6, 6.07) is 10.9. The van der Waals surface area contributed by atoms with Crippen LogP contribution in [0.4, 0.5) is 0 Å². The molecule has 0 bridgehead atoms. The predicted octanol–water partition coefficient (Wildman–Crippen LogP) is 3.29. The molecule has 26 heavy (non-hydrogen) atoms. The van der Waals surface area contributed by atoms with Crippen molar-refractivity contribution >= 4 is 33.4 Å². The zero-order valence-electron chi connectivity index (χ0n) is 14.9. The molecule has 0 spiro atoms. The van der Waals surface area contributed by atoms with E-state index in [9.17, 15) is 14.7 Å². The third-order valence-electron chi connectivity index (χ3n) is 4.23. The van der Waals surface area contributed by atoms with Gasteiger partial charge in [0, 0.05) is 5.39 Å². The Morgan fingerprint density at radius 1 is 1.27 bits per heavy atom. The fraction of sp³-hybridized carbons (Fsp3) is 0.316. The molecule has 3 rings (SSSR count). The molecule has 3 aromatic rings. The summed E-state index contributed by atoms with van der Waals surface area (Å²) in [5.41, 5.74) is 1.98. The second-order valence-corrected chi connectivity index (χ2v) is 7.62. The molecule has 2 heterocycles. The van der Waals surface area contributed by atoms with Gasteiger partial charge in [0.15, 0.2) is 0 Å². The molecule has 2 N–H and O–H groups in total. The lowest BCUT2D eigenvalue weighted by Gasteiger charge is -2.17. The first-order valence-corrected chi connectivity index (χ1v) is 9.23. The van der Waals surface area contributed by atoms with Crippen LogP contribution in [0.25, 0.3) is 10.2 Å². The monoisotopic (exact) mass is 371 g/mol. The van der Waals surface area contributed by atoms with E-state index in [1.54, 1.807) is 19.9 Å². The number of rotatable bonds is 6. The number of aromatic nitrogens is 2. The van der Waals surface area contributed by atoms with Crippen molar-refractivity contribution in [2.24, 2.45) is 5.92 Å². The van der Waals surface area contributed by atoms with Crippen molar-refractivity contribution in [2.45, 2.75) is 33.4 Å². The Morgan fingerprint density at radius 3 is 2.58 bits per heavy atom. The third-order valence-corrected chi connectivity index (χ3v) is 5.37. The van der Waals surface area contributed by atoms with Gasteiger partial charge in [-0.2, -0.15) is 5.10 Å². The first-order chi connectivity index (χ1) is 12.4. The Labute approximate surface area is 155 Å². The van der Waals surface area contributed by atoms with E-state index in [2.05, 4.69) is 10.4 Å². The number of nitrogens with zero attached hydrogens (tertiary/aromatic N) is 2. The standard InChI is InChI=1S/C19H21N3O3S/c1-11(2)16(19(24)25)20-17(23)15-9-14-12(3)21-22(18(14)26-15)10-13-7-5-4-6-8-13/h4-9,11,16H,10H2,1-3H3,(H,20,23)(H,24,25)/t16-/m1/s1. The van der Waals surface area contributed by atoms with Gasteiger partial charge in [-0.3, -0.25) is 9.48 Å². The topological polar surface area (TPSA) is 84.2 Å². The largest absolute Gasteiger partial charge is 0.480 e. The van der Waals surface area contributed by atoms with Crippen molar-refractivity contribution < 1.29 is 14.7 Å². The minimum absolute atomic E-state index is 0.193. The number of hydrogen-bond donors (Lipinski definition) is 2. The summed E-state index contributed by atoms with van der Waals surface area (Å²) in [5, 5.41) is 17.4. The van der Waals surface area contributed by atoms with Gasteiger partial charge in [-0.1, -0.05) is 44.2 Å². The van der Waals surface area contributed by atoms with Crippen molar-refractivity contribution in [2.75, 3.05) is 0 Å². The number of hydrogen-bond acceptors (Lipinski definition) is 4. The minimum Gasteiger partial charge on any atom is -0.480 e. The highest BCUT2D eigenvalue weighted by Gasteiger charge is 2.25. The molecule has 0 aliphatic heterocycles. The third kappa shape index (κ3) is 3.62. The number of fused-ring (bicyclic) bond motifs is 1. The zero-order valence-corrected chi connectivity index (χ0v) is 15.7. The Bertz CT molecular complexity index is 944. The first kappa shape index (κ1) is 18.1. The molecule has 136 valence electrons. The summed E-state index contributed by atoms with van der Waals surface area (Å²) in [6.07, 6.45) is 0. The Balaban J connectivity index is 1.88. The second kappa shape index (κ2) is 7.29. The predicted molar refractivity (Wildman–Crippen MR) is 102 cm³/mol. The molecule has 0 saturated carbocycles. The van der Waals surface area contributed by atoms with Crippen molar-refractivity contribution in [3.63, 3.8) is 0 Å². The van der Waals surface area contributed by atoms with Crippen LogP contribution in [0.5, 0.6) is 0 Å². The summed E-state index contributed by atoms with van der Waals surface area (Å²) in [7, 11) is 0. The van der Waals surface area contributed by atoms with Crippen molar-refractivity contribution in [1.82, 2.24) is 15.1 Å². The number of nitrogens with one attached hydrogen (secondary N) is 1. The van der Waals surface area contributed by atoms with Crippen LogP contribution in [0.15, 0.2) is 36.4 Å². The SMILES string of the molecule is Cc1nn(Cc2ccccc2)c2sc(C(=O)N[C@@H](C(=O)O)C(C)C)cc12. The highest BCUT2D eigenvalue weighted by atomic mass is 32.1. The average Bonchev–Trinajstić information content (AvgIpc) is 3.15. The highest BCUT2D eigenvalue weighted by Crippen LogP contribution is 2.29. The van der Waals surface area contributed by atoms with Gasteiger partial charge in [-0.05, 0) is 24.5 Å². The average molecular weight is 371 g/mol. The number of carbonyl (C=O) groups excluding carboxylic acids is 1. The van der Waals surface area contributed by atoms with Crippen LogP contribution in [0, 0.1) is 12.8 Å². The molecule has 7 heteroatoms. The molecule has 0 aliphatic carbocycles. The van der Waals surface area contributed by atoms with Gasteiger partial charge in [0.2, 0.25) is 0 Å². The van der Waals surface area contributed by atoms with Crippen molar-refractivity contribution in [1.29, 1.82) is 0 Å². The van der Waals surface area contributed by atoms with E-state index in [1.165, 1.54) is 11.3 Å². The summed E-state index contributed by atoms with van der Waals surface area (Å²) < 4.78 is 1.89. The van der Waals surface area contributed by atoms with E-state index in [4.69, 9.17) is 0 Å². The first-order valence-electron chi connectivity index (χ1n) is 8.41. The van der Waals surface area contributed by atoms with Gasteiger partial charge in [0.05, 0.1) is 17.1 Å². The zero-order chi connectivity index (χ0) is 18.8. The minimum atomic E-state index is -1.03. The molecule has 1 amide bonds. The molecular weight excluding hydrogens is 350 g/mol. The maximum Gasteiger partial charge on any atom is 0.326 e. The molecule has 1 aromatic carbocycles. The van der Waals surface area contributed by atoms with Crippen molar-refractivity contribution in [3.8, 4) is 0 Å². The van der Waals surface area contributed by atoms with E-state index < -0.39 is 12.0 Å². The van der Waals surface area contributed by atoms with E-state index in [0.29, 0.717) is 11.4 Å². The van der Waals surface area contributed by atoms with Gasteiger partial charge < -0.3 is 10.4 Å². The quantitative estimate of drug-likeness (QED) is 0.696. The second-order valence-electron chi connectivity index (χ2n) is 6.59. The van der Waals surface area contributed by atoms with Crippen molar-refractivity contribution in [3.05, 3.63) is 52.5 Å². The van der Waals surface area contributed by atoms with Crippen LogP contribution < -0.4 is 5.32 Å². The maximum absolute atomic E-state index is 12.5. The normalized spacial score (nSPS) is 12.5. The van der Waals surface area contributed by atoms with Crippen LogP contribution >= 0.6 is 11.3 Å². The molecule has 0 saturated heterocycles. The lowest BCUT2D eigenvalue weighted by Crippen LogP contribution is -2.44. The molecular formula is C19H21N3O3S. The molecule has 0 aliphatic rings. The number of carbonyl (C=O) groups is 2. The highest BCUT2D eigenvalue weighted by molar-refractivity contribution is 7.20. The molecule has 0 unspecified atom stereocenters. The number of benzene rings is 1. The number of amides is 1. The van der Waals surface area contributed by atoms with Gasteiger partial charge in [-0.25, -0.2) is 4.79 Å². The smallest absolute Gasteiger partial charge is 0.326 e. The number of aryl methyl sites for hydroxylation is 1. The van der Waals surface area contributed by atoms with Gasteiger partial charge in [-0.15, -0.1) is 11.3 Å². The Morgan fingerprint density at radius 2 is 1.96 bits per heavy atom. The number of aliphatic carboxylic acids is 1. The van der Waals surface area contributed by atoms with Gasteiger partial charge in [0.25, 0.3) is 5.91 Å². The number of thiophene rings is 1. The summed E-state index contributed by atoms with van der Waals surface area (Å²) >= 11 is 1.33. The fourth-order valence-corrected chi connectivity index (χ4v) is 3.88. The maximum atomic E-state index is 12.5. The van der Waals surface area contributed by atoms with Crippen LogP contribution in [-0.4, -0.2) is 32.8 Å². The molecule has 0 radical (unpaired) electrons. The van der Waals surface area contributed by atoms with E-state index >= 15 is 0 Å². The Kier molecular flexibility index (Phi) is 5.08. The lowest BCUT2D eigenvalue weighted by molar-refractivity contribution is -0.140. The summed E-state index contributed by atoms with van der Waals surface area (Å²) in [5.74, 6) is -1.58. The molecule has 2 aromatic heterocycles. The van der Waals surface area contributed by atoms with Crippen LogP contribution in [0.3, 0.4) is 0 Å². The molecule has 0 fully saturated rings. The van der Waals surface area contributed by atoms with Crippen LogP contribution in [0.2, 0.25) is 0 Å². The Hall–Kier alpha value is -2.67.